The minimum Gasteiger partial charge on any atom is -0.336 e. The molecule has 29 heavy (non-hydrogen) atoms. The number of nitriles is 1. The number of aryl methyl sites for hydroxylation is 1. The van der Waals surface area contributed by atoms with Crippen LogP contribution in [0, 0.1) is 18.3 Å². The molecule has 2 heterocycles. The Morgan fingerprint density at radius 1 is 1.28 bits per heavy atom. The molecule has 0 saturated heterocycles. The first-order chi connectivity index (χ1) is 14.0. The van der Waals surface area contributed by atoms with Gasteiger partial charge >= 0.3 is 6.03 Å². The fraction of sp³-hybridized carbons (Fsp3) is 0.348. The maximum Gasteiger partial charge on any atom is 0.319 e. The Morgan fingerprint density at radius 3 is 2.59 bits per heavy atom. The van der Waals surface area contributed by atoms with E-state index in [1.54, 1.807) is 0 Å². The number of hydrogen-bond donors (Lipinski definition) is 2. The average molecular weight is 387 g/mol. The maximum atomic E-state index is 11.9. The van der Waals surface area contributed by atoms with Crippen LogP contribution >= 0.6 is 0 Å². The average Bonchev–Trinajstić information content (AvgIpc) is 2.93. The first kappa shape index (κ1) is 19.0. The number of anilines is 1. The van der Waals surface area contributed by atoms with Gasteiger partial charge in [0.1, 0.15) is 11.7 Å². The molecule has 6 heteroatoms. The van der Waals surface area contributed by atoms with E-state index in [1.807, 2.05) is 57.3 Å². The highest BCUT2D eigenvalue weighted by molar-refractivity contribution is 5.94. The van der Waals surface area contributed by atoms with Crippen LogP contribution in [0.4, 0.5) is 10.5 Å². The molecule has 3 aromatic rings. The number of pyridine rings is 1. The monoisotopic (exact) mass is 387 g/mol. The summed E-state index contributed by atoms with van der Waals surface area (Å²) in [5.41, 5.74) is 5.18. The largest absolute Gasteiger partial charge is 0.336 e. The Morgan fingerprint density at radius 2 is 2.00 bits per heavy atom. The topological polar surface area (TPSA) is 82.7 Å². The number of fused-ring (bicyclic) bond motifs is 1. The SMILES string of the molecule is Cc1cnc2c(c1)c(C#N)c(-c1ccc(NC(=O)NC(C)C)cc1)n2C1CCC1. The number of nitrogens with one attached hydrogen (secondary N) is 2. The van der Waals surface area contributed by atoms with Crippen LogP contribution in [-0.4, -0.2) is 21.6 Å². The van der Waals surface area contributed by atoms with E-state index in [1.165, 1.54) is 6.42 Å². The summed E-state index contributed by atoms with van der Waals surface area (Å²) >= 11 is 0. The van der Waals surface area contributed by atoms with E-state index in [-0.39, 0.29) is 12.1 Å². The lowest BCUT2D eigenvalue weighted by atomic mass is 9.92. The van der Waals surface area contributed by atoms with Gasteiger partial charge in [-0.15, -0.1) is 0 Å². The Kier molecular flexibility index (Phi) is 4.98. The second kappa shape index (κ2) is 7.59. The summed E-state index contributed by atoms with van der Waals surface area (Å²) in [6.45, 7) is 5.83. The Bertz CT molecular complexity index is 1100. The van der Waals surface area contributed by atoms with Crippen molar-refractivity contribution in [1.82, 2.24) is 14.9 Å². The fourth-order valence-electron chi connectivity index (χ4n) is 3.83. The normalized spacial score (nSPS) is 13.9. The molecule has 0 unspecified atom stereocenters. The Balaban J connectivity index is 1.77. The van der Waals surface area contributed by atoms with Crippen molar-refractivity contribution in [3.8, 4) is 17.3 Å². The highest BCUT2D eigenvalue weighted by atomic mass is 16.2. The molecule has 2 N–H and O–H groups in total. The molecule has 0 aliphatic heterocycles. The molecule has 6 nitrogen and oxygen atoms in total. The zero-order valence-electron chi connectivity index (χ0n) is 17.0. The summed E-state index contributed by atoms with van der Waals surface area (Å²) in [5, 5.41) is 16.5. The van der Waals surface area contributed by atoms with E-state index in [0.717, 1.165) is 40.7 Å². The van der Waals surface area contributed by atoms with Crippen molar-refractivity contribution >= 4 is 22.8 Å². The summed E-state index contributed by atoms with van der Waals surface area (Å²) < 4.78 is 2.24. The quantitative estimate of drug-likeness (QED) is 0.650. The first-order valence-corrected chi connectivity index (χ1v) is 10.1. The first-order valence-electron chi connectivity index (χ1n) is 10.1. The van der Waals surface area contributed by atoms with Crippen molar-refractivity contribution in [2.75, 3.05) is 5.32 Å². The zero-order valence-corrected chi connectivity index (χ0v) is 17.0. The van der Waals surface area contributed by atoms with Crippen LogP contribution in [0.2, 0.25) is 0 Å². The van der Waals surface area contributed by atoms with Crippen LogP contribution in [-0.2, 0) is 0 Å². The van der Waals surface area contributed by atoms with E-state index < -0.39 is 0 Å². The van der Waals surface area contributed by atoms with Gasteiger partial charge in [-0.05, 0) is 69.4 Å². The van der Waals surface area contributed by atoms with Gasteiger partial charge in [0.25, 0.3) is 0 Å². The highest BCUT2D eigenvalue weighted by Gasteiger charge is 2.28. The third kappa shape index (κ3) is 3.56. The molecule has 1 fully saturated rings. The second-order valence-corrected chi connectivity index (χ2v) is 8.00. The predicted molar refractivity (Wildman–Crippen MR) is 115 cm³/mol. The molecule has 4 rings (SSSR count). The van der Waals surface area contributed by atoms with Crippen LogP contribution in [0.5, 0.6) is 0 Å². The number of carbonyl (C=O) groups excluding carboxylic acids is 1. The number of aromatic nitrogens is 2. The van der Waals surface area contributed by atoms with Gasteiger partial charge < -0.3 is 15.2 Å². The molecule has 148 valence electrons. The number of amides is 2. The lowest BCUT2D eigenvalue weighted by molar-refractivity contribution is 0.250. The highest BCUT2D eigenvalue weighted by Crippen LogP contribution is 2.42. The van der Waals surface area contributed by atoms with E-state index in [0.29, 0.717) is 17.3 Å². The van der Waals surface area contributed by atoms with E-state index in [4.69, 9.17) is 0 Å². The van der Waals surface area contributed by atoms with Gasteiger partial charge in [0.05, 0.1) is 11.3 Å². The van der Waals surface area contributed by atoms with Crippen molar-refractivity contribution in [3.63, 3.8) is 0 Å². The van der Waals surface area contributed by atoms with Crippen molar-refractivity contribution in [3.05, 3.63) is 47.7 Å². The van der Waals surface area contributed by atoms with Crippen LogP contribution in [0.15, 0.2) is 36.5 Å². The predicted octanol–water partition coefficient (Wildman–Crippen LogP) is 5.14. The number of hydrogen-bond acceptors (Lipinski definition) is 3. The Labute approximate surface area is 170 Å². The smallest absolute Gasteiger partial charge is 0.319 e. The number of urea groups is 1. The van der Waals surface area contributed by atoms with Gasteiger partial charge in [0, 0.05) is 29.4 Å². The van der Waals surface area contributed by atoms with Gasteiger partial charge in [0.15, 0.2) is 0 Å². The molecular formula is C23H25N5O. The van der Waals surface area contributed by atoms with Gasteiger partial charge in [0.2, 0.25) is 0 Å². The zero-order chi connectivity index (χ0) is 20.5. The molecule has 0 atom stereocenters. The number of nitrogens with zero attached hydrogens (tertiary/aromatic N) is 3. The van der Waals surface area contributed by atoms with Gasteiger partial charge in [-0.3, -0.25) is 0 Å². The fourth-order valence-corrected chi connectivity index (χ4v) is 3.83. The van der Waals surface area contributed by atoms with E-state index in [9.17, 15) is 10.1 Å². The lowest BCUT2D eigenvalue weighted by Crippen LogP contribution is -2.34. The minimum atomic E-state index is -0.228. The van der Waals surface area contributed by atoms with Crippen molar-refractivity contribution in [2.24, 2.45) is 0 Å². The second-order valence-electron chi connectivity index (χ2n) is 8.00. The lowest BCUT2D eigenvalue weighted by Gasteiger charge is -2.29. The van der Waals surface area contributed by atoms with Crippen LogP contribution in [0.1, 0.15) is 50.3 Å². The third-order valence-corrected chi connectivity index (χ3v) is 5.37. The number of benzene rings is 1. The molecule has 0 spiro atoms. The molecule has 1 saturated carbocycles. The molecule has 1 aliphatic rings. The molecule has 2 amide bonds. The summed E-state index contributed by atoms with van der Waals surface area (Å²) in [6.07, 6.45) is 5.27. The van der Waals surface area contributed by atoms with Crippen molar-refractivity contribution < 1.29 is 4.79 Å². The number of rotatable bonds is 4. The molecule has 1 aromatic carbocycles. The summed E-state index contributed by atoms with van der Waals surface area (Å²) in [5.74, 6) is 0. The minimum absolute atomic E-state index is 0.0709. The van der Waals surface area contributed by atoms with Crippen LogP contribution in [0.25, 0.3) is 22.3 Å². The number of carbonyl (C=O) groups is 1. The standard InChI is InChI=1S/C23H25N5O/c1-14(2)26-23(29)27-17-9-7-16(8-10-17)21-20(12-24)19-11-15(3)13-25-22(19)28(21)18-5-4-6-18/h7-11,13-14,18H,4-6H2,1-3H3,(H2,26,27,29). The van der Waals surface area contributed by atoms with Crippen molar-refractivity contribution in [2.45, 2.75) is 52.1 Å². The summed E-state index contributed by atoms with van der Waals surface area (Å²) in [4.78, 5) is 16.6. The van der Waals surface area contributed by atoms with Gasteiger partial charge in [-0.2, -0.15) is 5.26 Å². The molecule has 0 radical (unpaired) electrons. The van der Waals surface area contributed by atoms with Crippen molar-refractivity contribution in [1.29, 1.82) is 5.26 Å². The molecule has 2 aromatic heterocycles. The third-order valence-electron chi connectivity index (χ3n) is 5.37. The Hall–Kier alpha value is -3.33. The summed E-state index contributed by atoms with van der Waals surface area (Å²) in [7, 11) is 0. The van der Waals surface area contributed by atoms with Crippen LogP contribution < -0.4 is 10.6 Å². The van der Waals surface area contributed by atoms with Gasteiger partial charge in [-0.25, -0.2) is 9.78 Å². The van der Waals surface area contributed by atoms with E-state index >= 15 is 0 Å². The maximum absolute atomic E-state index is 11.9. The molecule has 0 bridgehead atoms. The van der Waals surface area contributed by atoms with Gasteiger partial charge in [-0.1, -0.05) is 12.1 Å². The summed E-state index contributed by atoms with van der Waals surface area (Å²) in [6, 6.07) is 12.3. The molecule has 1 aliphatic carbocycles. The van der Waals surface area contributed by atoms with E-state index in [2.05, 4.69) is 26.3 Å². The van der Waals surface area contributed by atoms with Crippen LogP contribution in [0.3, 0.4) is 0 Å². The molecular weight excluding hydrogens is 362 g/mol.